The van der Waals surface area contributed by atoms with Gasteiger partial charge in [0.05, 0.1) is 0 Å². The molecule has 1 rings (SSSR count). The lowest BCUT2D eigenvalue weighted by atomic mass is 10.0. The minimum atomic E-state index is -0.232. The Kier molecular flexibility index (Phi) is 4.06. The highest BCUT2D eigenvalue weighted by molar-refractivity contribution is 6.11. The van der Waals surface area contributed by atoms with E-state index in [1.165, 1.54) is 6.20 Å². The molecular weight excluding hydrogens is 212 g/mol. The van der Waals surface area contributed by atoms with Gasteiger partial charge in [-0.15, -0.1) is 0 Å². The Labute approximate surface area is 102 Å². The van der Waals surface area contributed by atoms with E-state index in [0.29, 0.717) is 5.56 Å². The van der Waals surface area contributed by atoms with E-state index in [2.05, 4.69) is 0 Å². The maximum atomic E-state index is 12.1. The number of rotatable bonds is 3. The van der Waals surface area contributed by atoms with Gasteiger partial charge < -0.3 is 4.90 Å². The Morgan fingerprint density at radius 2 is 1.94 bits per heavy atom. The average molecular weight is 228 g/mol. The minimum Gasteiger partial charge on any atom is -0.382 e. The van der Waals surface area contributed by atoms with Crippen LogP contribution in [0.3, 0.4) is 0 Å². The number of benzene rings is 1. The molecule has 88 valence electrons. The quantitative estimate of drug-likeness (QED) is 0.453. The van der Waals surface area contributed by atoms with Crippen molar-refractivity contribution in [1.29, 1.82) is 5.26 Å². The summed E-state index contributed by atoms with van der Waals surface area (Å²) in [6, 6.07) is 7.41. The van der Waals surface area contributed by atoms with Gasteiger partial charge in [-0.3, -0.25) is 4.79 Å². The van der Waals surface area contributed by atoms with Crippen molar-refractivity contribution in [3.8, 4) is 6.07 Å². The first kappa shape index (κ1) is 13.0. The molecule has 0 saturated carbocycles. The third-order valence-corrected chi connectivity index (χ3v) is 2.52. The van der Waals surface area contributed by atoms with Gasteiger partial charge in [-0.1, -0.05) is 12.1 Å². The number of carbonyl (C=O) groups excluding carboxylic acids is 1. The number of Topliss-reactive ketones (excluding diaryl/α,β-unsaturated/α-hetero) is 1. The number of aryl methyl sites for hydroxylation is 2. The predicted molar refractivity (Wildman–Crippen MR) is 67.6 cm³/mol. The first-order valence-corrected chi connectivity index (χ1v) is 5.36. The third-order valence-electron chi connectivity index (χ3n) is 2.52. The van der Waals surface area contributed by atoms with E-state index in [-0.39, 0.29) is 11.4 Å². The number of nitriles is 1. The van der Waals surface area contributed by atoms with Crippen molar-refractivity contribution in [2.75, 3.05) is 14.1 Å². The van der Waals surface area contributed by atoms with Crippen LogP contribution in [0, 0.1) is 25.2 Å². The summed E-state index contributed by atoms with van der Waals surface area (Å²) < 4.78 is 0. The Hall–Kier alpha value is -2.08. The SMILES string of the molecule is Cc1ccc(C(=O)/C(C#N)=C\N(C)C)cc1C. The van der Waals surface area contributed by atoms with E-state index in [1.54, 1.807) is 25.1 Å². The summed E-state index contributed by atoms with van der Waals surface area (Å²) in [6.07, 6.45) is 1.54. The molecule has 0 amide bonds. The fourth-order valence-corrected chi connectivity index (χ4v) is 1.43. The highest BCUT2D eigenvalue weighted by atomic mass is 16.1. The zero-order valence-electron chi connectivity index (χ0n) is 10.6. The highest BCUT2D eigenvalue weighted by Gasteiger charge is 2.12. The highest BCUT2D eigenvalue weighted by Crippen LogP contribution is 2.13. The summed E-state index contributed by atoms with van der Waals surface area (Å²) >= 11 is 0. The number of carbonyl (C=O) groups is 1. The van der Waals surface area contributed by atoms with Crippen LogP contribution in [0.4, 0.5) is 0 Å². The largest absolute Gasteiger partial charge is 0.382 e. The van der Waals surface area contributed by atoms with E-state index in [0.717, 1.165) is 11.1 Å². The lowest BCUT2D eigenvalue weighted by molar-refractivity contribution is 0.103. The topological polar surface area (TPSA) is 44.1 Å². The van der Waals surface area contributed by atoms with Crippen molar-refractivity contribution in [2.45, 2.75) is 13.8 Å². The van der Waals surface area contributed by atoms with Crippen molar-refractivity contribution in [3.63, 3.8) is 0 Å². The van der Waals surface area contributed by atoms with Crippen LogP contribution in [-0.4, -0.2) is 24.8 Å². The van der Waals surface area contributed by atoms with Crippen LogP contribution in [0.1, 0.15) is 21.5 Å². The van der Waals surface area contributed by atoms with Crippen LogP contribution in [-0.2, 0) is 0 Å². The van der Waals surface area contributed by atoms with Gasteiger partial charge >= 0.3 is 0 Å². The van der Waals surface area contributed by atoms with E-state index >= 15 is 0 Å². The van der Waals surface area contributed by atoms with Crippen LogP contribution in [0.15, 0.2) is 30.0 Å². The van der Waals surface area contributed by atoms with E-state index in [4.69, 9.17) is 5.26 Å². The molecule has 0 heterocycles. The molecule has 3 nitrogen and oxygen atoms in total. The Morgan fingerprint density at radius 3 is 2.41 bits per heavy atom. The molecule has 0 radical (unpaired) electrons. The maximum Gasteiger partial charge on any atom is 0.205 e. The molecule has 0 unspecified atom stereocenters. The van der Waals surface area contributed by atoms with Crippen LogP contribution >= 0.6 is 0 Å². The molecule has 0 aliphatic heterocycles. The normalized spacial score (nSPS) is 10.9. The van der Waals surface area contributed by atoms with Gasteiger partial charge in [0.15, 0.2) is 0 Å². The van der Waals surface area contributed by atoms with Gasteiger partial charge in [-0.25, -0.2) is 0 Å². The zero-order chi connectivity index (χ0) is 13.0. The molecule has 0 spiro atoms. The molecule has 0 aromatic heterocycles. The standard InChI is InChI=1S/C14H16N2O/c1-10-5-6-12(7-11(10)2)14(17)13(8-15)9-16(3)4/h5-7,9H,1-4H3/b13-9-. The molecule has 0 aliphatic carbocycles. The lowest BCUT2D eigenvalue weighted by Crippen LogP contribution is -2.09. The molecule has 0 aliphatic rings. The summed E-state index contributed by atoms with van der Waals surface area (Å²) in [6.45, 7) is 3.94. The second-order valence-corrected chi connectivity index (χ2v) is 4.25. The fraction of sp³-hybridized carbons (Fsp3) is 0.286. The van der Waals surface area contributed by atoms with Crippen LogP contribution < -0.4 is 0 Å². The van der Waals surface area contributed by atoms with Crippen LogP contribution in [0.5, 0.6) is 0 Å². The molecule has 17 heavy (non-hydrogen) atoms. The number of ketones is 1. The number of hydrogen-bond acceptors (Lipinski definition) is 3. The summed E-state index contributed by atoms with van der Waals surface area (Å²) in [5, 5.41) is 8.96. The second kappa shape index (κ2) is 5.31. The van der Waals surface area contributed by atoms with E-state index in [9.17, 15) is 4.79 Å². The molecule has 3 heteroatoms. The smallest absolute Gasteiger partial charge is 0.205 e. The third kappa shape index (κ3) is 3.18. The van der Waals surface area contributed by atoms with Crippen molar-refractivity contribution in [3.05, 3.63) is 46.7 Å². The summed E-state index contributed by atoms with van der Waals surface area (Å²) in [5.74, 6) is -0.232. The summed E-state index contributed by atoms with van der Waals surface area (Å²) in [7, 11) is 3.57. The first-order valence-electron chi connectivity index (χ1n) is 5.36. The number of nitrogens with zero attached hydrogens (tertiary/aromatic N) is 2. The van der Waals surface area contributed by atoms with Crippen molar-refractivity contribution in [2.24, 2.45) is 0 Å². The number of hydrogen-bond donors (Lipinski definition) is 0. The molecular formula is C14H16N2O. The first-order chi connectivity index (χ1) is 7.95. The predicted octanol–water partition coefficient (Wildman–Crippen LogP) is 2.46. The van der Waals surface area contributed by atoms with E-state index in [1.807, 2.05) is 32.0 Å². The van der Waals surface area contributed by atoms with Crippen molar-refractivity contribution < 1.29 is 4.79 Å². The van der Waals surface area contributed by atoms with Crippen LogP contribution in [0.25, 0.3) is 0 Å². The average Bonchev–Trinajstić information content (AvgIpc) is 2.28. The van der Waals surface area contributed by atoms with Gasteiger partial charge in [-0.2, -0.15) is 5.26 Å². The Morgan fingerprint density at radius 1 is 1.29 bits per heavy atom. The Bertz CT molecular complexity index is 507. The maximum absolute atomic E-state index is 12.1. The molecule has 0 N–H and O–H groups in total. The number of allylic oxidation sites excluding steroid dienone is 1. The van der Waals surface area contributed by atoms with Crippen molar-refractivity contribution >= 4 is 5.78 Å². The molecule has 1 aromatic carbocycles. The molecule has 0 fully saturated rings. The molecule has 0 atom stereocenters. The van der Waals surface area contributed by atoms with Gasteiger partial charge in [0.25, 0.3) is 0 Å². The van der Waals surface area contributed by atoms with Crippen LogP contribution in [0.2, 0.25) is 0 Å². The molecule has 0 bridgehead atoms. The minimum absolute atomic E-state index is 0.151. The lowest BCUT2D eigenvalue weighted by Gasteiger charge is -2.07. The van der Waals surface area contributed by atoms with Gasteiger partial charge in [0.1, 0.15) is 11.6 Å². The fourth-order valence-electron chi connectivity index (χ4n) is 1.43. The monoisotopic (exact) mass is 228 g/mol. The van der Waals surface area contributed by atoms with Gasteiger partial charge in [0, 0.05) is 25.9 Å². The molecule has 1 aromatic rings. The van der Waals surface area contributed by atoms with Gasteiger partial charge in [-0.05, 0) is 31.0 Å². The second-order valence-electron chi connectivity index (χ2n) is 4.25. The van der Waals surface area contributed by atoms with Crippen molar-refractivity contribution in [1.82, 2.24) is 4.90 Å². The summed E-state index contributed by atoms with van der Waals surface area (Å²) in [5.41, 5.74) is 2.90. The Balaban J connectivity index is 3.12. The zero-order valence-corrected chi connectivity index (χ0v) is 10.6. The summed E-state index contributed by atoms with van der Waals surface area (Å²) in [4.78, 5) is 13.7. The van der Waals surface area contributed by atoms with E-state index < -0.39 is 0 Å². The molecule has 0 saturated heterocycles. The van der Waals surface area contributed by atoms with Gasteiger partial charge in [0.2, 0.25) is 5.78 Å².